The number of ether oxygens (including phenoxy) is 3. The van der Waals surface area contributed by atoms with Gasteiger partial charge in [-0.1, -0.05) is 23.7 Å². The number of methoxy groups -OCH3 is 3. The van der Waals surface area contributed by atoms with Gasteiger partial charge in [0.15, 0.2) is 11.5 Å². The first-order valence-corrected chi connectivity index (χ1v) is 8.83. The third kappa shape index (κ3) is 6.05. The molecule has 0 aliphatic carbocycles. The van der Waals surface area contributed by atoms with Gasteiger partial charge in [0.1, 0.15) is 5.75 Å². The maximum Gasteiger partial charge on any atom is 0.234 e. The normalized spacial score (nSPS) is 10.6. The lowest BCUT2D eigenvalue weighted by atomic mass is 10.1. The lowest BCUT2D eigenvalue weighted by Gasteiger charge is -2.17. The number of nitrogens with one attached hydrogen (secondary N) is 1. The lowest BCUT2D eigenvalue weighted by molar-refractivity contribution is -0.122. The molecule has 7 heteroatoms. The predicted octanol–water partition coefficient (Wildman–Crippen LogP) is 3.11. The van der Waals surface area contributed by atoms with E-state index in [-0.39, 0.29) is 12.5 Å². The molecule has 0 saturated carbocycles. The molecule has 0 aromatic heterocycles. The Morgan fingerprint density at radius 2 is 1.59 bits per heavy atom. The van der Waals surface area contributed by atoms with Crippen LogP contribution >= 0.6 is 11.6 Å². The number of hydrogen-bond acceptors (Lipinski definition) is 5. The second-order valence-electron chi connectivity index (χ2n) is 6.09. The Kier molecular flexibility index (Phi) is 7.76. The molecule has 2 aromatic carbocycles. The summed E-state index contributed by atoms with van der Waals surface area (Å²) in [6, 6.07) is 11.1. The van der Waals surface area contributed by atoms with Crippen molar-refractivity contribution in [2.45, 2.75) is 13.1 Å². The molecule has 2 rings (SSSR count). The highest BCUT2D eigenvalue weighted by atomic mass is 35.5. The Hall–Kier alpha value is -2.44. The highest BCUT2D eigenvalue weighted by Crippen LogP contribution is 2.34. The minimum Gasteiger partial charge on any atom is -0.496 e. The zero-order chi connectivity index (χ0) is 19.8. The summed E-state index contributed by atoms with van der Waals surface area (Å²) in [5, 5.41) is 3.61. The van der Waals surface area contributed by atoms with Crippen LogP contribution in [0.25, 0.3) is 0 Å². The summed E-state index contributed by atoms with van der Waals surface area (Å²) in [4.78, 5) is 14.2. The molecular weight excluding hydrogens is 368 g/mol. The second kappa shape index (κ2) is 10.0. The van der Waals surface area contributed by atoms with Crippen LogP contribution in [0.1, 0.15) is 11.1 Å². The van der Waals surface area contributed by atoms with Gasteiger partial charge < -0.3 is 19.5 Å². The number of amides is 1. The summed E-state index contributed by atoms with van der Waals surface area (Å²) in [6.45, 7) is 1.26. The van der Waals surface area contributed by atoms with Crippen molar-refractivity contribution >= 4 is 17.5 Å². The average molecular weight is 393 g/mol. The molecule has 0 radical (unpaired) electrons. The number of hydrogen-bond donors (Lipinski definition) is 1. The predicted molar refractivity (Wildman–Crippen MR) is 106 cm³/mol. The zero-order valence-electron chi connectivity index (χ0n) is 16.0. The van der Waals surface area contributed by atoms with E-state index >= 15 is 0 Å². The Bertz CT molecular complexity index is 765. The molecule has 146 valence electrons. The molecule has 6 nitrogen and oxygen atoms in total. The topological polar surface area (TPSA) is 60.0 Å². The summed E-state index contributed by atoms with van der Waals surface area (Å²) in [6.07, 6.45) is 0. The fraction of sp³-hybridized carbons (Fsp3) is 0.350. The fourth-order valence-corrected chi connectivity index (χ4v) is 2.81. The van der Waals surface area contributed by atoms with Gasteiger partial charge in [-0.2, -0.15) is 0 Å². The molecule has 0 unspecified atom stereocenters. The summed E-state index contributed by atoms with van der Waals surface area (Å²) < 4.78 is 16.0. The zero-order valence-corrected chi connectivity index (χ0v) is 16.8. The molecule has 0 aliphatic rings. The summed E-state index contributed by atoms with van der Waals surface area (Å²) >= 11 is 5.89. The van der Waals surface area contributed by atoms with Gasteiger partial charge in [0, 0.05) is 29.7 Å². The number of nitrogens with zero attached hydrogens (tertiary/aromatic N) is 1. The maximum absolute atomic E-state index is 12.3. The lowest BCUT2D eigenvalue weighted by Crippen LogP contribution is -2.34. The summed E-state index contributed by atoms with van der Waals surface area (Å²) in [5.41, 5.74) is 1.90. The summed E-state index contributed by atoms with van der Waals surface area (Å²) in [7, 11) is 6.60. The fourth-order valence-electron chi connectivity index (χ4n) is 2.68. The number of carbonyl (C=O) groups is 1. The van der Waals surface area contributed by atoms with Gasteiger partial charge in [-0.05, 0) is 30.8 Å². The maximum atomic E-state index is 12.3. The van der Waals surface area contributed by atoms with Crippen LogP contribution in [-0.2, 0) is 17.9 Å². The molecule has 0 fully saturated rings. The van der Waals surface area contributed by atoms with E-state index in [4.69, 9.17) is 25.8 Å². The number of benzene rings is 2. The van der Waals surface area contributed by atoms with Crippen molar-refractivity contribution in [3.63, 3.8) is 0 Å². The smallest absolute Gasteiger partial charge is 0.234 e. The van der Waals surface area contributed by atoms with E-state index in [2.05, 4.69) is 5.32 Å². The molecule has 0 heterocycles. The molecule has 0 saturated heterocycles. The standard InChI is InChI=1S/C20H25ClN2O4/c1-23(12-14-5-7-16(21)8-6-14)13-20(24)22-11-15-9-18(26-3)19(27-4)10-17(15)25-2/h5-10H,11-13H2,1-4H3,(H,22,24). The average Bonchev–Trinajstić information content (AvgIpc) is 2.67. The highest BCUT2D eigenvalue weighted by Gasteiger charge is 2.13. The quantitative estimate of drug-likeness (QED) is 0.710. The monoisotopic (exact) mass is 392 g/mol. The molecule has 1 amide bonds. The Morgan fingerprint density at radius 3 is 2.19 bits per heavy atom. The van der Waals surface area contributed by atoms with E-state index in [0.29, 0.717) is 35.4 Å². The number of rotatable bonds is 9. The number of halogens is 1. The minimum absolute atomic E-state index is 0.0803. The van der Waals surface area contributed by atoms with Crippen LogP contribution in [0.4, 0.5) is 0 Å². The first-order valence-electron chi connectivity index (χ1n) is 8.45. The molecule has 27 heavy (non-hydrogen) atoms. The molecule has 0 atom stereocenters. The van der Waals surface area contributed by atoms with Crippen LogP contribution in [-0.4, -0.2) is 45.7 Å². The van der Waals surface area contributed by atoms with Gasteiger partial charge in [-0.15, -0.1) is 0 Å². The van der Waals surface area contributed by atoms with Gasteiger partial charge in [0.2, 0.25) is 5.91 Å². The first kappa shape index (κ1) is 20.9. The van der Waals surface area contributed by atoms with Gasteiger partial charge >= 0.3 is 0 Å². The minimum atomic E-state index is -0.0803. The van der Waals surface area contributed by atoms with Crippen molar-refractivity contribution in [3.05, 3.63) is 52.5 Å². The molecule has 0 aliphatic heterocycles. The van der Waals surface area contributed by atoms with Crippen LogP contribution in [0, 0.1) is 0 Å². The van der Waals surface area contributed by atoms with Crippen LogP contribution in [0.2, 0.25) is 5.02 Å². The van der Waals surface area contributed by atoms with E-state index in [1.807, 2.05) is 36.2 Å². The van der Waals surface area contributed by atoms with Crippen molar-refractivity contribution in [1.82, 2.24) is 10.2 Å². The summed E-state index contributed by atoms with van der Waals surface area (Å²) in [5.74, 6) is 1.71. The Labute approximate surface area is 165 Å². The molecule has 0 bridgehead atoms. The second-order valence-corrected chi connectivity index (χ2v) is 6.53. The van der Waals surface area contributed by atoms with Crippen molar-refractivity contribution < 1.29 is 19.0 Å². The molecule has 0 spiro atoms. The Morgan fingerprint density at radius 1 is 1.00 bits per heavy atom. The van der Waals surface area contributed by atoms with E-state index in [1.165, 1.54) is 0 Å². The highest BCUT2D eigenvalue weighted by molar-refractivity contribution is 6.30. The first-order chi connectivity index (χ1) is 13.0. The van der Waals surface area contributed by atoms with Gasteiger partial charge in [0.25, 0.3) is 0 Å². The van der Waals surface area contributed by atoms with E-state index in [9.17, 15) is 4.79 Å². The van der Waals surface area contributed by atoms with Crippen molar-refractivity contribution in [2.75, 3.05) is 34.9 Å². The van der Waals surface area contributed by atoms with Gasteiger partial charge in [-0.3, -0.25) is 9.69 Å². The SMILES string of the molecule is COc1cc(OC)c(OC)cc1CNC(=O)CN(C)Cc1ccc(Cl)cc1. The van der Waals surface area contributed by atoms with Crippen LogP contribution in [0.5, 0.6) is 17.2 Å². The van der Waals surface area contributed by atoms with Gasteiger partial charge in [0.05, 0.1) is 27.9 Å². The van der Waals surface area contributed by atoms with Crippen molar-refractivity contribution in [3.8, 4) is 17.2 Å². The Balaban J connectivity index is 1.93. The molecular formula is C20H25ClN2O4. The molecule has 2 aromatic rings. The van der Waals surface area contributed by atoms with E-state index in [0.717, 1.165) is 11.1 Å². The van der Waals surface area contributed by atoms with Crippen molar-refractivity contribution in [1.29, 1.82) is 0 Å². The number of carbonyl (C=O) groups excluding carboxylic acids is 1. The van der Waals surface area contributed by atoms with Crippen LogP contribution in [0.15, 0.2) is 36.4 Å². The van der Waals surface area contributed by atoms with E-state index in [1.54, 1.807) is 33.5 Å². The van der Waals surface area contributed by atoms with Crippen molar-refractivity contribution in [2.24, 2.45) is 0 Å². The van der Waals surface area contributed by atoms with Crippen LogP contribution in [0.3, 0.4) is 0 Å². The van der Waals surface area contributed by atoms with Gasteiger partial charge in [-0.25, -0.2) is 0 Å². The third-order valence-electron chi connectivity index (χ3n) is 4.04. The third-order valence-corrected chi connectivity index (χ3v) is 4.29. The number of likely N-dealkylation sites (N-methyl/N-ethyl adjacent to an activating group) is 1. The van der Waals surface area contributed by atoms with E-state index < -0.39 is 0 Å². The van der Waals surface area contributed by atoms with Crippen LogP contribution < -0.4 is 19.5 Å². The molecule has 1 N–H and O–H groups in total. The largest absolute Gasteiger partial charge is 0.496 e.